The van der Waals surface area contributed by atoms with Crippen LogP contribution in [0.15, 0.2) is 52.4 Å². The van der Waals surface area contributed by atoms with Crippen molar-refractivity contribution in [1.29, 1.82) is 0 Å². The first kappa shape index (κ1) is 18.8. The van der Waals surface area contributed by atoms with Gasteiger partial charge in [0.25, 0.3) is 0 Å². The molecule has 1 aliphatic rings. The third-order valence-electron chi connectivity index (χ3n) is 4.59. The molecule has 146 valence electrons. The number of benzene rings is 1. The maximum atomic E-state index is 12.7. The van der Waals surface area contributed by atoms with Crippen LogP contribution in [-0.2, 0) is 21.4 Å². The predicted octanol–water partition coefficient (Wildman–Crippen LogP) is 1.88. The van der Waals surface area contributed by atoms with E-state index in [0.29, 0.717) is 29.0 Å². The lowest BCUT2D eigenvalue weighted by Crippen LogP contribution is -2.27. The van der Waals surface area contributed by atoms with Crippen molar-refractivity contribution in [2.75, 3.05) is 18.4 Å². The summed E-state index contributed by atoms with van der Waals surface area (Å²) >= 11 is 0.932. The Hall–Kier alpha value is -2.56. The molecule has 1 saturated heterocycles. The largest absolute Gasteiger partial charge is 0.323 e. The molecule has 8 nitrogen and oxygen atoms in total. The number of sulfonamides is 1. The van der Waals surface area contributed by atoms with Crippen LogP contribution in [0.1, 0.15) is 12.8 Å². The Morgan fingerprint density at radius 1 is 1.21 bits per heavy atom. The summed E-state index contributed by atoms with van der Waals surface area (Å²) in [5.74, 6) is -0.358. The summed E-state index contributed by atoms with van der Waals surface area (Å²) in [6, 6.07) is 8.01. The topological polar surface area (TPSA) is 101 Å². The van der Waals surface area contributed by atoms with Gasteiger partial charge in [-0.15, -0.1) is 0 Å². The second kappa shape index (κ2) is 7.46. The van der Waals surface area contributed by atoms with E-state index in [9.17, 15) is 18.0 Å². The number of thiazole rings is 1. The summed E-state index contributed by atoms with van der Waals surface area (Å²) in [5.41, 5.74) is 1.08. The SMILES string of the molecule is O=C(Cn1c(=O)sc2cc(S(=O)(=O)N3CCCC3)ccc21)Nc1cccnc1. The van der Waals surface area contributed by atoms with E-state index in [1.54, 1.807) is 24.4 Å². The van der Waals surface area contributed by atoms with Crippen molar-refractivity contribution in [3.05, 3.63) is 52.4 Å². The quantitative estimate of drug-likeness (QED) is 0.682. The highest BCUT2D eigenvalue weighted by Gasteiger charge is 2.27. The van der Waals surface area contributed by atoms with E-state index in [-0.39, 0.29) is 22.2 Å². The average Bonchev–Trinajstić information content (AvgIpc) is 3.31. The van der Waals surface area contributed by atoms with Crippen LogP contribution in [-0.4, -0.2) is 41.3 Å². The molecule has 1 fully saturated rings. The van der Waals surface area contributed by atoms with E-state index >= 15 is 0 Å². The number of anilines is 1. The molecule has 1 amide bonds. The number of rotatable bonds is 5. The van der Waals surface area contributed by atoms with Crippen LogP contribution in [0, 0.1) is 0 Å². The van der Waals surface area contributed by atoms with Gasteiger partial charge in [-0.3, -0.25) is 19.1 Å². The Balaban J connectivity index is 1.61. The number of pyridine rings is 1. The van der Waals surface area contributed by atoms with Crippen molar-refractivity contribution in [2.45, 2.75) is 24.3 Å². The lowest BCUT2D eigenvalue weighted by atomic mass is 10.3. The highest BCUT2D eigenvalue weighted by atomic mass is 32.2. The van der Waals surface area contributed by atoms with Crippen molar-refractivity contribution in [2.24, 2.45) is 0 Å². The second-order valence-electron chi connectivity index (χ2n) is 6.48. The molecule has 1 aromatic carbocycles. The summed E-state index contributed by atoms with van der Waals surface area (Å²) in [6.07, 6.45) is 4.83. The first-order valence-electron chi connectivity index (χ1n) is 8.78. The molecule has 0 atom stereocenters. The maximum absolute atomic E-state index is 12.7. The van der Waals surface area contributed by atoms with Crippen LogP contribution in [0.2, 0.25) is 0 Å². The van der Waals surface area contributed by atoms with Gasteiger partial charge in [0.2, 0.25) is 15.9 Å². The minimum absolute atomic E-state index is 0.161. The smallest absolute Gasteiger partial charge is 0.308 e. The van der Waals surface area contributed by atoms with Gasteiger partial charge in [-0.05, 0) is 43.2 Å². The number of fused-ring (bicyclic) bond motifs is 1. The summed E-state index contributed by atoms with van der Waals surface area (Å²) < 4.78 is 28.8. The van der Waals surface area contributed by atoms with Gasteiger partial charge in [-0.25, -0.2) is 8.42 Å². The van der Waals surface area contributed by atoms with Gasteiger partial charge in [0, 0.05) is 19.3 Å². The first-order chi connectivity index (χ1) is 13.4. The van der Waals surface area contributed by atoms with Crippen molar-refractivity contribution in [1.82, 2.24) is 13.9 Å². The fraction of sp³-hybridized carbons (Fsp3) is 0.278. The Morgan fingerprint density at radius 3 is 2.71 bits per heavy atom. The predicted molar refractivity (Wildman–Crippen MR) is 107 cm³/mol. The van der Waals surface area contributed by atoms with Crippen LogP contribution >= 0.6 is 11.3 Å². The van der Waals surface area contributed by atoms with E-state index in [0.717, 1.165) is 24.2 Å². The highest BCUT2D eigenvalue weighted by Crippen LogP contribution is 2.26. The molecular formula is C18H18N4O4S2. The van der Waals surface area contributed by atoms with Crippen molar-refractivity contribution in [3.63, 3.8) is 0 Å². The Labute approximate surface area is 165 Å². The number of carbonyl (C=O) groups excluding carboxylic acids is 1. The van der Waals surface area contributed by atoms with E-state index in [1.807, 2.05) is 0 Å². The lowest BCUT2D eigenvalue weighted by molar-refractivity contribution is -0.116. The molecule has 4 rings (SSSR count). The molecule has 0 spiro atoms. The molecule has 2 aromatic heterocycles. The summed E-state index contributed by atoms with van der Waals surface area (Å²) in [7, 11) is -3.56. The number of hydrogen-bond acceptors (Lipinski definition) is 6. The Kier molecular flexibility index (Phi) is 5.00. The molecule has 0 unspecified atom stereocenters. The van der Waals surface area contributed by atoms with Crippen molar-refractivity contribution >= 4 is 43.2 Å². The van der Waals surface area contributed by atoms with Crippen LogP contribution in [0.3, 0.4) is 0 Å². The minimum Gasteiger partial charge on any atom is -0.323 e. The van der Waals surface area contributed by atoms with Gasteiger partial charge < -0.3 is 5.32 Å². The maximum Gasteiger partial charge on any atom is 0.308 e. The van der Waals surface area contributed by atoms with E-state index in [2.05, 4.69) is 10.3 Å². The number of hydrogen-bond donors (Lipinski definition) is 1. The molecule has 3 heterocycles. The molecule has 10 heteroatoms. The highest BCUT2D eigenvalue weighted by molar-refractivity contribution is 7.89. The Bertz CT molecular complexity index is 1180. The zero-order valence-corrected chi connectivity index (χ0v) is 16.5. The van der Waals surface area contributed by atoms with Crippen molar-refractivity contribution in [3.8, 4) is 0 Å². The van der Waals surface area contributed by atoms with Gasteiger partial charge in [-0.2, -0.15) is 4.31 Å². The Morgan fingerprint density at radius 2 is 2.00 bits per heavy atom. The van der Waals surface area contributed by atoms with Gasteiger partial charge in [0.15, 0.2) is 0 Å². The van der Waals surface area contributed by atoms with Crippen molar-refractivity contribution < 1.29 is 13.2 Å². The fourth-order valence-electron chi connectivity index (χ4n) is 3.22. The van der Waals surface area contributed by atoms with Gasteiger partial charge >= 0.3 is 4.87 Å². The molecule has 0 bridgehead atoms. The van der Waals surface area contributed by atoms with Crippen LogP contribution in [0.5, 0.6) is 0 Å². The number of aromatic nitrogens is 2. The molecular weight excluding hydrogens is 400 g/mol. The lowest BCUT2D eigenvalue weighted by Gasteiger charge is -2.15. The van der Waals surface area contributed by atoms with Gasteiger partial charge in [0.05, 0.1) is 27.0 Å². The third-order valence-corrected chi connectivity index (χ3v) is 7.43. The molecule has 28 heavy (non-hydrogen) atoms. The molecule has 3 aromatic rings. The first-order valence-corrected chi connectivity index (χ1v) is 11.0. The van der Waals surface area contributed by atoms with E-state index in [1.165, 1.54) is 27.2 Å². The zero-order valence-electron chi connectivity index (χ0n) is 14.9. The number of carbonyl (C=O) groups is 1. The minimum atomic E-state index is -3.56. The summed E-state index contributed by atoms with van der Waals surface area (Å²) in [4.78, 5) is 28.4. The normalized spacial score (nSPS) is 15.1. The number of amides is 1. The monoisotopic (exact) mass is 418 g/mol. The standard InChI is InChI=1S/C18H18N4O4S2/c23-17(20-13-4-3-7-19-11-13)12-22-15-6-5-14(10-16(15)27-18(22)24)28(25,26)21-8-1-2-9-21/h3-7,10-11H,1-2,8-9,12H2,(H,20,23). The van der Waals surface area contributed by atoms with Gasteiger partial charge in [-0.1, -0.05) is 11.3 Å². The van der Waals surface area contributed by atoms with E-state index < -0.39 is 10.0 Å². The molecule has 0 aliphatic carbocycles. The van der Waals surface area contributed by atoms with E-state index in [4.69, 9.17) is 0 Å². The second-order valence-corrected chi connectivity index (χ2v) is 9.42. The molecule has 0 saturated carbocycles. The summed E-state index contributed by atoms with van der Waals surface area (Å²) in [6.45, 7) is 0.879. The molecule has 1 aliphatic heterocycles. The zero-order chi connectivity index (χ0) is 19.7. The number of nitrogens with zero attached hydrogens (tertiary/aromatic N) is 3. The molecule has 0 radical (unpaired) electrons. The van der Waals surface area contributed by atoms with Crippen LogP contribution in [0.4, 0.5) is 5.69 Å². The van der Waals surface area contributed by atoms with Gasteiger partial charge in [0.1, 0.15) is 6.54 Å². The summed E-state index contributed by atoms with van der Waals surface area (Å²) in [5, 5.41) is 2.69. The fourth-order valence-corrected chi connectivity index (χ4v) is 5.76. The average molecular weight is 419 g/mol. The molecule has 1 N–H and O–H groups in total. The van der Waals surface area contributed by atoms with Crippen LogP contribution < -0.4 is 10.2 Å². The number of nitrogens with one attached hydrogen (secondary N) is 1. The van der Waals surface area contributed by atoms with Crippen LogP contribution in [0.25, 0.3) is 10.2 Å². The third kappa shape index (κ3) is 3.58.